The van der Waals surface area contributed by atoms with Gasteiger partial charge in [-0.1, -0.05) is 13.8 Å². The van der Waals surface area contributed by atoms with Crippen LogP contribution in [0.4, 0.5) is 8.78 Å². The Labute approximate surface area is 235 Å². The molecule has 3 atom stereocenters. The van der Waals surface area contributed by atoms with Gasteiger partial charge in [-0.15, -0.1) is 0 Å². The average Bonchev–Trinajstić information content (AvgIpc) is 3.43. The summed E-state index contributed by atoms with van der Waals surface area (Å²) in [7, 11) is 0. The first-order valence-electron chi connectivity index (χ1n) is 14.2. The second-order valence-electron chi connectivity index (χ2n) is 10.5. The van der Waals surface area contributed by atoms with E-state index in [-0.39, 0.29) is 37.0 Å². The number of aliphatic hydroxyl groups excluding tert-OH is 1. The number of halogens is 2. The number of aryl methyl sites for hydroxylation is 1. The number of nitrogens with zero attached hydrogens (tertiary/aromatic N) is 1. The molecule has 220 valence electrons. The molecule has 3 rings (SSSR count). The second kappa shape index (κ2) is 15.8. The zero-order valence-electron chi connectivity index (χ0n) is 23.8. The van der Waals surface area contributed by atoms with Crippen molar-refractivity contribution in [2.45, 2.75) is 77.5 Å². The summed E-state index contributed by atoms with van der Waals surface area (Å²) in [5.74, 6) is -2.10. The van der Waals surface area contributed by atoms with Gasteiger partial charge in [0.2, 0.25) is 0 Å². The third-order valence-corrected chi connectivity index (χ3v) is 6.91. The normalized spacial score (nSPS) is 16.5. The molecule has 7 nitrogen and oxygen atoms in total. The largest absolute Gasteiger partial charge is 0.391 e. The summed E-state index contributed by atoms with van der Waals surface area (Å²) in [6.45, 7) is 8.44. The van der Waals surface area contributed by atoms with Gasteiger partial charge in [-0.2, -0.15) is 0 Å². The molecule has 0 aromatic heterocycles. The maximum atomic E-state index is 13.9. The molecule has 2 aromatic rings. The van der Waals surface area contributed by atoms with Gasteiger partial charge in [0.1, 0.15) is 11.6 Å². The quantitative estimate of drug-likeness (QED) is 0.305. The molecule has 0 bridgehead atoms. The Morgan fingerprint density at radius 2 is 1.75 bits per heavy atom. The van der Waals surface area contributed by atoms with Crippen LogP contribution >= 0.6 is 0 Å². The molecule has 2 amide bonds. The van der Waals surface area contributed by atoms with E-state index >= 15 is 0 Å². The highest BCUT2D eigenvalue weighted by atomic mass is 19.1. The van der Waals surface area contributed by atoms with Gasteiger partial charge in [-0.3, -0.25) is 9.59 Å². The van der Waals surface area contributed by atoms with Crippen LogP contribution in [0, 0.1) is 18.6 Å². The van der Waals surface area contributed by atoms with E-state index in [0.717, 1.165) is 43.9 Å². The summed E-state index contributed by atoms with van der Waals surface area (Å²) >= 11 is 0. The fourth-order valence-electron chi connectivity index (χ4n) is 4.99. The molecule has 0 saturated carbocycles. The Balaban J connectivity index is 1.75. The number of nitrogens with one attached hydrogen (secondary N) is 1. The summed E-state index contributed by atoms with van der Waals surface area (Å²) in [5, 5.41) is 13.8. The van der Waals surface area contributed by atoms with E-state index in [4.69, 9.17) is 9.47 Å². The Bertz CT molecular complexity index is 1100. The van der Waals surface area contributed by atoms with E-state index in [1.54, 1.807) is 23.1 Å². The molecule has 3 unspecified atom stereocenters. The standard InChI is InChI=1S/C31H42F2N2O5/c1-4-9-35(10-5-2)31(38)24-14-21(3)13-23(18-24)30(37)34-28(17-22-15-25(32)19-26(33)16-22)29(36)8-12-39-20-27-7-6-11-40-27/h13-16,18-19,27-29,36H,4-12,17,20H2,1-3H3,(H,34,37). The lowest BCUT2D eigenvalue weighted by molar-refractivity contribution is 0.00225. The van der Waals surface area contributed by atoms with Crippen LogP contribution < -0.4 is 5.32 Å². The minimum Gasteiger partial charge on any atom is -0.391 e. The summed E-state index contributed by atoms with van der Waals surface area (Å²) in [4.78, 5) is 28.4. The summed E-state index contributed by atoms with van der Waals surface area (Å²) in [6.07, 6.45) is 2.78. The molecular formula is C31H42F2N2O5. The fraction of sp³-hybridized carbons (Fsp3) is 0.548. The molecule has 0 aliphatic carbocycles. The summed E-state index contributed by atoms with van der Waals surface area (Å²) < 4.78 is 39.0. The second-order valence-corrected chi connectivity index (χ2v) is 10.5. The Hall–Kier alpha value is -2.88. The topological polar surface area (TPSA) is 88.1 Å². The first-order valence-corrected chi connectivity index (χ1v) is 14.2. The van der Waals surface area contributed by atoms with Crippen molar-refractivity contribution >= 4 is 11.8 Å². The Kier molecular flexibility index (Phi) is 12.5. The van der Waals surface area contributed by atoms with E-state index < -0.39 is 29.7 Å². The van der Waals surface area contributed by atoms with Crippen molar-refractivity contribution in [3.05, 3.63) is 70.3 Å². The molecule has 0 spiro atoms. The molecule has 40 heavy (non-hydrogen) atoms. The molecule has 2 N–H and O–H groups in total. The Morgan fingerprint density at radius 1 is 1.07 bits per heavy atom. The highest BCUT2D eigenvalue weighted by molar-refractivity contribution is 6.00. The predicted molar refractivity (Wildman–Crippen MR) is 149 cm³/mol. The number of aliphatic hydroxyl groups is 1. The minimum absolute atomic E-state index is 0.00566. The van der Waals surface area contributed by atoms with Crippen LogP contribution in [0.1, 0.15) is 77.8 Å². The van der Waals surface area contributed by atoms with Gasteiger partial charge in [0.05, 0.1) is 24.9 Å². The van der Waals surface area contributed by atoms with Crippen LogP contribution in [0.25, 0.3) is 0 Å². The average molecular weight is 561 g/mol. The molecule has 1 fully saturated rings. The maximum absolute atomic E-state index is 13.9. The number of rotatable bonds is 15. The van der Waals surface area contributed by atoms with Gasteiger partial charge in [0.25, 0.3) is 11.8 Å². The van der Waals surface area contributed by atoms with E-state index in [2.05, 4.69) is 5.32 Å². The molecular weight excluding hydrogens is 518 g/mol. The van der Waals surface area contributed by atoms with Crippen LogP contribution in [-0.4, -0.2) is 73.0 Å². The third-order valence-electron chi connectivity index (χ3n) is 6.91. The van der Waals surface area contributed by atoms with Crippen LogP contribution in [0.2, 0.25) is 0 Å². The van der Waals surface area contributed by atoms with Gasteiger partial charge in [0.15, 0.2) is 0 Å². The van der Waals surface area contributed by atoms with E-state index in [9.17, 15) is 23.5 Å². The highest BCUT2D eigenvalue weighted by Gasteiger charge is 2.25. The number of hydrogen-bond donors (Lipinski definition) is 2. The number of hydrogen-bond acceptors (Lipinski definition) is 5. The zero-order chi connectivity index (χ0) is 29.1. The van der Waals surface area contributed by atoms with Crippen LogP contribution in [0.3, 0.4) is 0 Å². The number of carbonyl (C=O) groups excluding carboxylic acids is 2. The van der Waals surface area contributed by atoms with Crippen LogP contribution in [0.15, 0.2) is 36.4 Å². The number of carbonyl (C=O) groups is 2. The number of benzene rings is 2. The van der Waals surface area contributed by atoms with Crippen molar-refractivity contribution in [2.75, 3.05) is 32.9 Å². The van der Waals surface area contributed by atoms with Gasteiger partial charge in [-0.25, -0.2) is 8.78 Å². The smallest absolute Gasteiger partial charge is 0.253 e. The van der Waals surface area contributed by atoms with Crippen LogP contribution in [-0.2, 0) is 15.9 Å². The van der Waals surface area contributed by atoms with Crippen molar-refractivity contribution in [3.63, 3.8) is 0 Å². The molecule has 0 radical (unpaired) electrons. The number of ether oxygens (including phenoxy) is 2. The lowest BCUT2D eigenvalue weighted by atomic mass is 9.98. The fourth-order valence-corrected chi connectivity index (χ4v) is 4.99. The monoisotopic (exact) mass is 560 g/mol. The van der Waals surface area contributed by atoms with Crippen molar-refractivity contribution in [1.29, 1.82) is 0 Å². The first-order chi connectivity index (χ1) is 19.2. The van der Waals surface area contributed by atoms with E-state index in [1.165, 1.54) is 12.1 Å². The van der Waals surface area contributed by atoms with Crippen LogP contribution in [0.5, 0.6) is 0 Å². The Morgan fingerprint density at radius 3 is 2.38 bits per heavy atom. The number of amides is 2. The van der Waals surface area contributed by atoms with Crippen molar-refractivity contribution in [2.24, 2.45) is 0 Å². The molecule has 1 heterocycles. The lowest BCUT2D eigenvalue weighted by Crippen LogP contribution is -2.45. The molecule has 9 heteroatoms. The lowest BCUT2D eigenvalue weighted by Gasteiger charge is -2.25. The minimum atomic E-state index is -1.05. The molecule has 1 saturated heterocycles. The highest BCUT2D eigenvalue weighted by Crippen LogP contribution is 2.17. The van der Waals surface area contributed by atoms with E-state index in [0.29, 0.717) is 30.8 Å². The molecule has 1 aliphatic rings. The van der Waals surface area contributed by atoms with Gasteiger partial charge in [-0.05, 0) is 86.9 Å². The predicted octanol–water partition coefficient (Wildman–Crippen LogP) is 4.82. The van der Waals surface area contributed by atoms with Gasteiger partial charge < -0.3 is 24.8 Å². The molecule has 2 aromatic carbocycles. The maximum Gasteiger partial charge on any atom is 0.253 e. The van der Waals surface area contributed by atoms with Gasteiger partial charge >= 0.3 is 0 Å². The third kappa shape index (κ3) is 9.64. The summed E-state index contributed by atoms with van der Waals surface area (Å²) in [6, 6.07) is 7.27. The SMILES string of the molecule is CCCN(CCC)C(=O)c1cc(C)cc(C(=O)NC(Cc2cc(F)cc(F)c2)C(O)CCOCC2CCCO2)c1. The van der Waals surface area contributed by atoms with Crippen molar-refractivity contribution in [1.82, 2.24) is 10.2 Å². The first kappa shape index (κ1) is 31.6. The van der Waals surface area contributed by atoms with Crippen molar-refractivity contribution in [3.8, 4) is 0 Å². The van der Waals surface area contributed by atoms with Crippen molar-refractivity contribution < 1.29 is 33.0 Å². The molecule has 1 aliphatic heterocycles. The summed E-state index contributed by atoms with van der Waals surface area (Å²) in [5.41, 5.74) is 1.74. The zero-order valence-corrected chi connectivity index (χ0v) is 23.8. The van der Waals surface area contributed by atoms with Gasteiger partial charge in [0, 0.05) is 43.5 Å². The van der Waals surface area contributed by atoms with E-state index in [1.807, 2.05) is 20.8 Å².